The summed E-state index contributed by atoms with van der Waals surface area (Å²) in [5.74, 6) is 2.10. The molecule has 0 spiro atoms. The van der Waals surface area contributed by atoms with E-state index in [4.69, 9.17) is 0 Å². The van der Waals surface area contributed by atoms with Crippen molar-refractivity contribution in [2.75, 3.05) is 0 Å². The second-order valence-corrected chi connectivity index (χ2v) is 8.02. The van der Waals surface area contributed by atoms with Crippen molar-refractivity contribution in [1.29, 1.82) is 0 Å². The molecule has 0 aliphatic heterocycles. The quantitative estimate of drug-likeness (QED) is 0.513. The number of rotatable bonds is 0. The first-order valence-corrected chi connectivity index (χ1v) is 7.38. The van der Waals surface area contributed by atoms with Crippen LogP contribution in [0, 0.1) is 22.7 Å². The summed E-state index contributed by atoms with van der Waals surface area (Å²) < 4.78 is 0. The molecule has 0 heterocycles. The van der Waals surface area contributed by atoms with Gasteiger partial charge in [0, 0.05) is 0 Å². The van der Waals surface area contributed by atoms with Crippen molar-refractivity contribution in [3.63, 3.8) is 0 Å². The average Bonchev–Trinajstić information content (AvgIpc) is 2.38. The fourth-order valence-electron chi connectivity index (χ4n) is 4.05. The molecule has 94 valence electrons. The van der Waals surface area contributed by atoms with E-state index in [0.717, 1.165) is 11.8 Å². The van der Waals surface area contributed by atoms with Crippen molar-refractivity contribution in [3.8, 4) is 0 Å². The maximum atomic E-state index is 2.49. The van der Waals surface area contributed by atoms with Crippen molar-refractivity contribution >= 4 is 0 Å². The Bertz CT molecular complexity index is 236. The van der Waals surface area contributed by atoms with Gasteiger partial charge in [0.25, 0.3) is 0 Å². The van der Waals surface area contributed by atoms with Gasteiger partial charge in [0.05, 0.1) is 0 Å². The molecular formula is C16H30. The first-order chi connectivity index (χ1) is 7.38. The molecule has 2 fully saturated rings. The monoisotopic (exact) mass is 222 g/mol. The van der Waals surface area contributed by atoms with E-state index in [9.17, 15) is 0 Å². The molecule has 0 saturated heterocycles. The fraction of sp³-hybridized carbons (Fsp3) is 1.00. The van der Waals surface area contributed by atoms with Crippen molar-refractivity contribution in [1.82, 2.24) is 0 Å². The van der Waals surface area contributed by atoms with Crippen LogP contribution in [0.4, 0.5) is 0 Å². The van der Waals surface area contributed by atoms with Crippen LogP contribution in [0.15, 0.2) is 0 Å². The second-order valence-electron chi connectivity index (χ2n) is 8.02. The molecule has 2 unspecified atom stereocenters. The van der Waals surface area contributed by atoms with Crippen LogP contribution >= 0.6 is 0 Å². The van der Waals surface area contributed by atoms with E-state index in [1.807, 2.05) is 0 Å². The Balaban J connectivity index is 2.07. The van der Waals surface area contributed by atoms with Gasteiger partial charge in [-0.25, -0.2) is 0 Å². The zero-order valence-electron chi connectivity index (χ0n) is 11.8. The van der Waals surface area contributed by atoms with E-state index >= 15 is 0 Å². The lowest BCUT2D eigenvalue weighted by molar-refractivity contribution is 0.219. The summed E-state index contributed by atoms with van der Waals surface area (Å²) in [6, 6.07) is 0. The predicted octanol–water partition coefficient (Wildman–Crippen LogP) is 5.42. The highest BCUT2D eigenvalue weighted by Gasteiger charge is 2.36. The molecule has 16 heavy (non-hydrogen) atoms. The van der Waals surface area contributed by atoms with Crippen LogP contribution in [0.1, 0.15) is 79.1 Å². The van der Waals surface area contributed by atoms with Crippen LogP contribution in [0.2, 0.25) is 0 Å². The van der Waals surface area contributed by atoms with E-state index in [2.05, 4.69) is 27.7 Å². The average molecular weight is 222 g/mol. The van der Waals surface area contributed by atoms with E-state index in [1.165, 1.54) is 51.4 Å². The molecular weight excluding hydrogens is 192 g/mol. The van der Waals surface area contributed by atoms with Crippen molar-refractivity contribution in [2.45, 2.75) is 79.1 Å². The van der Waals surface area contributed by atoms with Gasteiger partial charge in [-0.2, -0.15) is 0 Å². The Hall–Kier alpha value is 0. The molecule has 2 saturated carbocycles. The first-order valence-electron chi connectivity index (χ1n) is 7.38. The van der Waals surface area contributed by atoms with Crippen LogP contribution in [0.25, 0.3) is 0 Å². The van der Waals surface area contributed by atoms with Crippen molar-refractivity contribution in [2.24, 2.45) is 22.7 Å². The highest BCUT2D eigenvalue weighted by molar-refractivity contribution is 4.87. The van der Waals surface area contributed by atoms with Gasteiger partial charge in [0.15, 0.2) is 0 Å². The zero-order valence-corrected chi connectivity index (χ0v) is 11.8. The summed E-state index contributed by atoms with van der Waals surface area (Å²) in [6.07, 6.45) is 11.9. The molecule has 0 aromatic carbocycles. The topological polar surface area (TPSA) is 0 Å². The molecule has 0 radical (unpaired) electrons. The summed E-state index contributed by atoms with van der Waals surface area (Å²) in [4.78, 5) is 0. The van der Waals surface area contributed by atoms with E-state index in [1.54, 1.807) is 0 Å². The maximum Gasteiger partial charge on any atom is -0.0351 e. The minimum atomic E-state index is 0.619. The third-order valence-electron chi connectivity index (χ3n) is 5.29. The standard InChI is InChI=1S/C16H30/c1-15(2)10-7-13-6-5-9-16(3,4)12-14(13)8-11-15/h13-14H,5-12H2,1-4H3. The van der Waals surface area contributed by atoms with Crippen LogP contribution in [-0.2, 0) is 0 Å². The lowest BCUT2D eigenvalue weighted by Gasteiger charge is -2.29. The normalized spacial score (nSPS) is 38.2. The van der Waals surface area contributed by atoms with Gasteiger partial charge in [-0.05, 0) is 61.2 Å². The van der Waals surface area contributed by atoms with Gasteiger partial charge in [0.1, 0.15) is 0 Å². The summed E-state index contributed by atoms with van der Waals surface area (Å²) in [5.41, 5.74) is 1.24. The summed E-state index contributed by atoms with van der Waals surface area (Å²) in [6.45, 7) is 9.93. The molecule has 0 nitrogen and oxygen atoms in total. The van der Waals surface area contributed by atoms with E-state index < -0.39 is 0 Å². The van der Waals surface area contributed by atoms with E-state index in [0.29, 0.717) is 10.8 Å². The third kappa shape index (κ3) is 3.02. The lowest BCUT2D eigenvalue weighted by Crippen LogP contribution is -2.18. The Kier molecular flexibility index (Phi) is 3.39. The first kappa shape index (κ1) is 12.5. The van der Waals surface area contributed by atoms with Gasteiger partial charge >= 0.3 is 0 Å². The molecule has 2 aliphatic rings. The van der Waals surface area contributed by atoms with Gasteiger partial charge < -0.3 is 0 Å². The van der Waals surface area contributed by atoms with Gasteiger partial charge in [-0.15, -0.1) is 0 Å². The molecule has 0 aromatic heterocycles. The van der Waals surface area contributed by atoms with E-state index in [-0.39, 0.29) is 0 Å². The molecule has 2 rings (SSSR count). The maximum absolute atomic E-state index is 2.49. The molecule has 0 N–H and O–H groups in total. The zero-order chi connectivity index (χ0) is 11.8. The third-order valence-corrected chi connectivity index (χ3v) is 5.29. The second kappa shape index (κ2) is 4.35. The van der Waals surface area contributed by atoms with Gasteiger partial charge in [0.2, 0.25) is 0 Å². The number of hydrogen-bond donors (Lipinski definition) is 0. The van der Waals surface area contributed by atoms with Crippen LogP contribution in [-0.4, -0.2) is 0 Å². The Morgan fingerprint density at radius 3 is 2.00 bits per heavy atom. The molecule has 0 aromatic rings. The Morgan fingerprint density at radius 1 is 0.688 bits per heavy atom. The van der Waals surface area contributed by atoms with Gasteiger partial charge in [-0.1, -0.05) is 40.5 Å². The van der Waals surface area contributed by atoms with Crippen LogP contribution in [0.5, 0.6) is 0 Å². The SMILES string of the molecule is CC1(C)CCC2CCCC(C)(C)CC2CC1. The van der Waals surface area contributed by atoms with Crippen molar-refractivity contribution in [3.05, 3.63) is 0 Å². The smallest absolute Gasteiger partial charge is 0.0351 e. The summed E-state index contributed by atoms with van der Waals surface area (Å²) in [5, 5.41) is 0. The number of hydrogen-bond acceptors (Lipinski definition) is 0. The fourth-order valence-corrected chi connectivity index (χ4v) is 4.05. The predicted molar refractivity (Wildman–Crippen MR) is 71.5 cm³/mol. The summed E-state index contributed by atoms with van der Waals surface area (Å²) in [7, 11) is 0. The van der Waals surface area contributed by atoms with Crippen LogP contribution in [0.3, 0.4) is 0 Å². The molecule has 2 atom stereocenters. The highest BCUT2D eigenvalue weighted by atomic mass is 14.4. The Morgan fingerprint density at radius 2 is 1.31 bits per heavy atom. The molecule has 0 heteroatoms. The Labute approximate surface area is 102 Å². The molecule has 0 bridgehead atoms. The van der Waals surface area contributed by atoms with Crippen molar-refractivity contribution < 1.29 is 0 Å². The van der Waals surface area contributed by atoms with Crippen LogP contribution < -0.4 is 0 Å². The molecule has 0 amide bonds. The summed E-state index contributed by atoms with van der Waals surface area (Å²) >= 11 is 0. The minimum Gasteiger partial charge on any atom is -0.0599 e. The minimum absolute atomic E-state index is 0.619. The number of fused-ring (bicyclic) bond motifs is 1. The van der Waals surface area contributed by atoms with Gasteiger partial charge in [-0.3, -0.25) is 0 Å². The lowest BCUT2D eigenvalue weighted by atomic mass is 9.76. The largest absolute Gasteiger partial charge is 0.0599 e. The molecule has 2 aliphatic carbocycles. The highest BCUT2D eigenvalue weighted by Crippen LogP contribution is 2.48.